The molecule has 2 saturated heterocycles. The first kappa shape index (κ1) is 16.0. The van der Waals surface area contributed by atoms with Crippen LogP contribution in [0.25, 0.3) is 0 Å². The minimum Gasteiger partial charge on any atom is -0.389 e. The molecule has 0 aromatic rings. The van der Waals surface area contributed by atoms with Crippen molar-refractivity contribution in [2.75, 3.05) is 32.5 Å². The van der Waals surface area contributed by atoms with E-state index in [1.807, 2.05) is 4.90 Å². The molecule has 0 bridgehead atoms. The van der Waals surface area contributed by atoms with E-state index >= 15 is 0 Å². The fraction of sp³-hybridized carbons (Fsp3) is 1.00. The highest BCUT2D eigenvalue weighted by Crippen LogP contribution is 2.28. The van der Waals surface area contributed by atoms with Crippen molar-refractivity contribution in [2.24, 2.45) is 0 Å². The van der Waals surface area contributed by atoms with Gasteiger partial charge in [-0.15, -0.1) is 0 Å². The van der Waals surface area contributed by atoms with Crippen molar-refractivity contribution in [3.63, 3.8) is 0 Å². The highest BCUT2D eigenvalue weighted by Gasteiger charge is 2.40. The van der Waals surface area contributed by atoms with Crippen molar-refractivity contribution < 1.29 is 27.0 Å². The van der Waals surface area contributed by atoms with Gasteiger partial charge in [0.1, 0.15) is 0 Å². The molecular weight excluding hydrogens is 294 g/mol. The first-order chi connectivity index (χ1) is 9.16. The van der Waals surface area contributed by atoms with E-state index in [0.29, 0.717) is 6.54 Å². The van der Waals surface area contributed by atoms with Gasteiger partial charge in [-0.25, -0.2) is 21.9 Å². The van der Waals surface area contributed by atoms with Gasteiger partial charge < -0.3 is 14.7 Å². The average molecular weight is 314 g/mol. The highest BCUT2D eigenvalue weighted by atomic mass is 32.2. The summed E-state index contributed by atoms with van der Waals surface area (Å²) in [6.07, 6.45) is -0.894. The quantitative estimate of drug-likeness (QED) is 0.724. The number of aliphatic hydroxyl groups excluding tert-OH is 1. The number of aliphatic hydroxyl groups is 1. The average Bonchev–Trinajstić information content (AvgIpc) is 2.62. The zero-order chi connectivity index (χ0) is 15.0. The SMILES string of the molecule is CS(=O)(=O)N[C@H]1CO[C@@H](CN2CCC(F)(F)CC2)[C@@H]1O. The molecule has 0 spiro atoms. The monoisotopic (exact) mass is 314 g/mol. The van der Waals surface area contributed by atoms with Crippen LogP contribution in [-0.4, -0.2) is 75.1 Å². The van der Waals surface area contributed by atoms with Gasteiger partial charge in [0, 0.05) is 32.5 Å². The summed E-state index contributed by atoms with van der Waals surface area (Å²) in [6, 6.07) is -0.679. The molecule has 0 aliphatic carbocycles. The summed E-state index contributed by atoms with van der Waals surface area (Å²) in [6.45, 7) is 0.926. The van der Waals surface area contributed by atoms with E-state index in [2.05, 4.69) is 4.72 Å². The predicted molar refractivity (Wildman–Crippen MR) is 68.1 cm³/mol. The zero-order valence-corrected chi connectivity index (χ0v) is 12.1. The molecule has 2 aliphatic heterocycles. The Labute approximate surface area is 117 Å². The van der Waals surface area contributed by atoms with Crippen molar-refractivity contribution in [1.29, 1.82) is 0 Å². The van der Waals surface area contributed by atoms with Gasteiger partial charge in [0.25, 0.3) is 5.92 Å². The van der Waals surface area contributed by atoms with E-state index in [9.17, 15) is 22.3 Å². The van der Waals surface area contributed by atoms with Gasteiger partial charge in [-0.2, -0.15) is 0 Å². The maximum atomic E-state index is 13.0. The number of alkyl halides is 2. The number of hydrogen-bond acceptors (Lipinski definition) is 5. The largest absolute Gasteiger partial charge is 0.389 e. The fourth-order valence-corrected chi connectivity index (χ4v) is 3.30. The van der Waals surface area contributed by atoms with Crippen molar-refractivity contribution in [3.8, 4) is 0 Å². The zero-order valence-electron chi connectivity index (χ0n) is 11.3. The fourth-order valence-electron chi connectivity index (χ4n) is 2.54. The van der Waals surface area contributed by atoms with E-state index in [-0.39, 0.29) is 32.5 Å². The van der Waals surface area contributed by atoms with Crippen LogP contribution in [-0.2, 0) is 14.8 Å². The number of halogens is 2. The first-order valence-electron chi connectivity index (χ1n) is 6.53. The van der Waals surface area contributed by atoms with Crippen LogP contribution in [0.3, 0.4) is 0 Å². The molecule has 2 N–H and O–H groups in total. The molecule has 2 fully saturated rings. The molecule has 0 aromatic carbocycles. The summed E-state index contributed by atoms with van der Waals surface area (Å²) in [4.78, 5) is 1.81. The van der Waals surface area contributed by atoms with Gasteiger partial charge >= 0.3 is 0 Å². The van der Waals surface area contributed by atoms with Crippen LogP contribution >= 0.6 is 0 Å². The van der Waals surface area contributed by atoms with E-state index in [1.54, 1.807) is 0 Å². The number of ether oxygens (including phenoxy) is 1. The second-order valence-electron chi connectivity index (χ2n) is 5.52. The molecule has 0 saturated carbocycles. The summed E-state index contributed by atoms with van der Waals surface area (Å²) in [5, 5.41) is 10.0. The van der Waals surface area contributed by atoms with Crippen molar-refractivity contribution >= 4 is 10.0 Å². The number of likely N-dealkylation sites (tertiary alicyclic amines) is 1. The number of nitrogens with one attached hydrogen (secondary N) is 1. The van der Waals surface area contributed by atoms with Crippen LogP contribution in [0.4, 0.5) is 8.78 Å². The molecule has 3 atom stereocenters. The number of rotatable bonds is 4. The van der Waals surface area contributed by atoms with Gasteiger partial charge in [0.05, 0.1) is 31.1 Å². The van der Waals surface area contributed by atoms with E-state index in [0.717, 1.165) is 6.26 Å². The van der Waals surface area contributed by atoms with Crippen LogP contribution in [0.15, 0.2) is 0 Å². The third kappa shape index (κ3) is 4.32. The van der Waals surface area contributed by atoms with Crippen LogP contribution < -0.4 is 4.72 Å². The van der Waals surface area contributed by atoms with Gasteiger partial charge in [-0.05, 0) is 0 Å². The Morgan fingerprint density at radius 1 is 1.40 bits per heavy atom. The Kier molecular flexibility index (Phi) is 4.65. The Bertz CT molecular complexity index is 436. The lowest BCUT2D eigenvalue weighted by atomic mass is 10.0. The maximum Gasteiger partial charge on any atom is 0.250 e. The lowest BCUT2D eigenvalue weighted by molar-refractivity contribution is -0.0674. The molecule has 2 heterocycles. The van der Waals surface area contributed by atoms with Crippen molar-refractivity contribution in [1.82, 2.24) is 9.62 Å². The number of nitrogens with zero attached hydrogens (tertiary/aromatic N) is 1. The van der Waals surface area contributed by atoms with Crippen LogP contribution in [0.2, 0.25) is 0 Å². The minimum absolute atomic E-state index is 0.0862. The topological polar surface area (TPSA) is 78.9 Å². The number of sulfonamides is 1. The molecule has 2 rings (SSSR count). The normalized spacial score (nSPS) is 35.3. The maximum absolute atomic E-state index is 13.0. The summed E-state index contributed by atoms with van der Waals surface area (Å²) in [5.41, 5.74) is 0. The van der Waals surface area contributed by atoms with Gasteiger partial charge in [-0.1, -0.05) is 0 Å². The Hall–Kier alpha value is -0.350. The standard InChI is InChI=1S/C11H20F2N2O4S/c1-20(17,18)14-8-7-19-9(10(8)16)6-15-4-2-11(12,13)3-5-15/h8-10,14,16H,2-7H2,1H3/t8-,9-,10+/m0/s1. The number of hydrogen-bond donors (Lipinski definition) is 2. The summed E-state index contributed by atoms with van der Waals surface area (Å²) in [5.74, 6) is -2.61. The molecule has 0 amide bonds. The molecule has 118 valence electrons. The molecule has 20 heavy (non-hydrogen) atoms. The van der Waals surface area contributed by atoms with Crippen LogP contribution in [0, 0.1) is 0 Å². The third-order valence-electron chi connectivity index (χ3n) is 3.67. The van der Waals surface area contributed by atoms with Gasteiger partial charge in [-0.3, -0.25) is 0 Å². The van der Waals surface area contributed by atoms with E-state index in [4.69, 9.17) is 4.74 Å². The molecule has 0 unspecified atom stereocenters. The molecule has 6 nitrogen and oxygen atoms in total. The van der Waals surface area contributed by atoms with E-state index < -0.39 is 34.2 Å². The van der Waals surface area contributed by atoms with Gasteiger partial charge in [0.2, 0.25) is 10.0 Å². The smallest absolute Gasteiger partial charge is 0.250 e. The summed E-state index contributed by atoms with van der Waals surface area (Å²) >= 11 is 0. The molecule has 2 aliphatic rings. The van der Waals surface area contributed by atoms with Crippen molar-refractivity contribution in [3.05, 3.63) is 0 Å². The Morgan fingerprint density at radius 3 is 2.55 bits per heavy atom. The lowest BCUT2D eigenvalue weighted by Crippen LogP contribution is -2.48. The lowest BCUT2D eigenvalue weighted by Gasteiger charge is -2.33. The Morgan fingerprint density at radius 2 is 2.00 bits per heavy atom. The van der Waals surface area contributed by atoms with Crippen LogP contribution in [0.5, 0.6) is 0 Å². The highest BCUT2D eigenvalue weighted by molar-refractivity contribution is 7.88. The summed E-state index contributed by atoms with van der Waals surface area (Å²) in [7, 11) is -3.42. The minimum atomic E-state index is -3.42. The van der Waals surface area contributed by atoms with Crippen LogP contribution in [0.1, 0.15) is 12.8 Å². The number of piperidine rings is 1. The second kappa shape index (κ2) is 5.80. The van der Waals surface area contributed by atoms with Crippen molar-refractivity contribution in [2.45, 2.75) is 37.0 Å². The second-order valence-corrected chi connectivity index (χ2v) is 7.30. The molecule has 9 heteroatoms. The molecule has 0 radical (unpaired) electrons. The predicted octanol–water partition coefficient (Wildman–Crippen LogP) is -0.605. The van der Waals surface area contributed by atoms with Gasteiger partial charge in [0.15, 0.2) is 0 Å². The molecular formula is C11H20F2N2O4S. The first-order valence-corrected chi connectivity index (χ1v) is 8.43. The summed E-state index contributed by atoms with van der Waals surface area (Å²) < 4.78 is 56.0. The Balaban J connectivity index is 1.83. The molecule has 0 aromatic heterocycles. The third-order valence-corrected chi connectivity index (χ3v) is 4.41. The van der Waals surface area contributed by atoms with E-state index in [1.165, 1.54) is 0 Å².